The van der Waals surface area contributed by atoms with Crippen molar-refractivity contribution in [1.82, 2.24) is 19.1 Å². The second-order valence-electron chi connectivity index (χ2n) is 5.28. The van der Waals surface area contributed by atoms with E-state index in [1.165, 1.54) is 16.2 Å². The van der Waals surface area contributed by atoms with E-state index in [4.69, 9.17) is 5.11 Å². The van der Waals surface area contributed by atoms with Crippen molar-refractivity contribution in [1.29, 1.82) is 0 Å². The molecule has 2 aromatic heterocycles. The number of nitrogens with zero attached hydrogens (tertiary/aromatic N) is 4. The molecule has 0 radical (unpaired) electrons. The molecule has 7 nitrogen and oxygen atoms in total. The molecular weight excluding hydrogens is 278 g/mol. The summed E-state index contributed by atoms with van der Waals surface area (Å²) in [7, 11) is 0. The van der Waals surface area contributed by atoms with Crippen LogP contribution in [0.4, 0.5) is 10.8 Å². The molecule has 2 N–H and O–H groups in total. The van der Waals surface area contributed by atoms with Gasteiger partial charge < -0.3 is 10.4 Å². The average Bonchev–Trinajstić information content (AvgIpc) is 2.98. The van der Waals surface area contributed by atoms with Gasteiger partial charge in [-0.25, -0.2) is 9.78 Å². The molecule has 0 saturated heterocycles. The van der Waals surface area contributed by atoms with Crippen LogP contribution in [0.25, 0.3) is 0 Å². The molecule has 2 rings (SSSR count). The summed E-state index contributed by atoms with van der Waals surface area (Å²) in [4.78, 5) is 15.5. The molecule has 0 saturated carbocycles. The van der Waals surface area contributed by atoms with E-state index >= 15 is 0 Å². The Bertz CT molecular complexity index is 617. The summed E-state index contributed by atoms with van der Waals surface area (Å²) in [5.74, 6) is 0.122. The van der Waals surface area contributed by atoms with Crippen LogP contribution in [-0.2, 0) is 10.3 Å². The number of anilines is 2. The first-order chi connectivity index (χ1) is 9.30. The van der Waals surface area contributed by atoms with E-state index < -0.39 is 11.5 Å². The SMILES string of the molecule is CC(C)c1nsc(Nc2cnn(C(C)(C)C(=O)O)c2)n1. The molecule has 0 bridgehead atoms. The quantitative estimate of drug-likeness (QED) is 0.880. The monoisotopic (exact) mass is 295 g/mol. The molecule has 2 aromatic rings. The molecule has 0 aliphatic heterocycles. The maximum absolute atomic E-state index is 11.2. The van der Waals surface area contributed by atoms with Crippen molar-refractivity contribution in [2.45, 2.75) is 39.2 Å². The average molecular weight is 295 g/mol. The molecule has 8 heteroatoms. The standard InChI is InChI=1S/C12H17N5O2S/c1-7(2)9-15-11(20-16-9)14-8-5-13-17(6-8)12(3,4)10(18)19/h5-7H,1-4H3,(H,18,19)(H,14,15,16). The van der Waals surface area contributed by atoms with E-state index in [-0.39, 0.29) is 5.92 Å². The van der Waals surface area contributed by atoms with E-state index in [0.29, 0.717) is 10.8 Å². The number of aliphatic carboxylic acids is 1. The van der Waals surface area contributed by atoms with E-state index in [2.05, 4.69) is 19.8 Å². The Labute approximate surface area is 120 Å². The topological polar surface area (TPSA) is 92.9 Å². The molecule has 0 amide bonds. The van der Waals surface area contributed by atoms with Crippen molar-refractivity contribution >= 4 is 28.3 Å². The van der Waals surface area contributed by atoms with Crippen LogP contribution >= 0.6 is 11.5 Å². The van der Waals surface area contributed by atoms with Crippen molar-refractivity contribution in [3.05, 3.63) is 18.2 Å². The number of carboxylic acid groups (broad SMARTS) is 1. The molecule has 0 spiro atoms. The Balaban J connectivity index is 2.15. The van der Waals surface area contributed by atoms with Crippen LogP contribution in [0.2, 0.25) is 0 Å². The van der Waals surface area contributed by atoms with Crippen LogP contribution in [0.5, 0.6) is 0 Å². The second kappa shape index (κ2) is 5.20. The van der Waals surface area contributed by atoms with Gasteiger partial charge in [-0.05, 0) is 13.8 Å². The molecule has 0 unspecified atom stereocenters. The second-order valence-corrected chi connectivity index (χ2v) is 6.03. The first kappa shape index (κ1) is 14.4. The summed E-state index contributed by atoms with van der Waals surface area (Å²) in [5.41, 5.74) is -0.407. The van der Waals surface area contributed by atoms with Gasteiger partial charge in [-0.15, -0.1) is 0 Å². The van der Waals surface area contributed by atoms with Crippen LogP contribution in [0, 0.1) is 0 Å². The lowest BCUT2D eigenvalue weighted by atomic mass is 10.1. The predicted molar refractivity (Wildman–Crippen MR) is 76.5 cm³/mol. The molecular formula is C12H17N5O2S. The van der Waals surface area contributed by atoms with Crippen LogP contribution in [0.15, 0.2) is 12.4 Å². The number of carboxylic acids is 1. The lowest BCUT2D eigenvalue weighted by Gasteiger charge is -2.19. The third-order valence-corrected chi connectivity index (χ3v) is 3.53. The Hall–Kier alpha value is -1.96. The highest BCUT2D eigenvalue weighted by atomic mass is 32.1. The van der Waals surface area contributed by atoms with Crippen LogP contribution in [0.1, 0.15) is 39.4 Å². The fourth-order valence-corrected chi connectivity index (χ4v) is 2.16. The summed E-state index contributed by atoms with van der Waals surface area (Å²) in [6.07, 6.45) is 3.21. The minimum Gasteiger partial charge on any atom is -0.479 e. The van der Waals surface area contributed by atoms with Gasteiger partial charge in [0.2, 0.25) is 5.13 Å². The van der Waals surface area contributed by atoms with Gasteiger partial charge in [-0.2, -0.15) is 9.47 Å². The minimum atomic E-state index is -1.09. The molecule has 108 valence electrons. The Morgan fingerprint density at radius 3 is 2.75 bits per heavy atom. The van der Waals surface area contributed by atoms with E-state index in [0.717, 1.165) is 5.82 Å². The van der Waals surface area contributed by atoms with Crippen molar-refractivity contribution in [3.8, 4) is 0 Å². The lowest BCUT2D eigenvalue weighted by molar-refractivity contribution is -0.146. The van der Waals surface area contributed by atoms with E-state index in [1.807, 2.05) is 13.8 Å². The molecule has 2 heterocycles. The minimum absolute atomic E-state index is 0.274. The molecule has 0 aromatic carbocycles. The molecule has 0 aliphatic carbocycles. The van der Waals surface area contributed by atoms with Crippen molar-refractivity contribution in [3.63, 3.8) is 0 Å². The molecule has 0 aliphatic rings. The van der Waals surface area contributed by atoms with Gasteiger partial charge in [-0.3, -0.25) is 4.68 Å². The summed E-state index contributed by atoms with van der Waals surface area (Å²) in [6, 6.07) is 0. The first-order valence-corrected chi connectivity index (χ1v) is 6.97. The number of rotatable bonds is 5. The Morgan fingerprint density at radius 2 is 2.20 bits per heavy atom. The highest BCUT2D eigenvalue weighted by Crippen LogP contribution is 2.23. The van der Waals surface area contributed by atoms with Gasteiger partial charge in [0.25, 0.3) is 0 Å². The number of aromatic nitrogens is 4. The lowest BCUT2D eigenvalue weighted by Crippen LogP contribution is -2.35. The largest absolute Gasteiger partial charge is 0.479 e. The van der Waals surface area contributed by atoms with Crippen molar-refractivity contribution in [2.24, 2.45) is 0 Å². The first-order valence-electron chi connectivity index (χ1n) is 6.20. The summed E-state index contributed by atoms with van der Waals surface area (Å²) in [5, 5.41) is 17.0. The number of hydrogen-bond donors (Lipinski definition) is 2. The predicted octanol–water partition coefficient (Wildman–Crippen LogP) is 2.42. The normalized spacial score (nSPS) is 11.8. The van der Waals surface area contributed by atoms with Gasteiger partial charge in [0.15, 0.2) is 5.54 Å². The van der Waals surface area contributed by atoms with Crippen molar-refractivity contribution < 1.29 is 9.90 Å². The summed E-state index contributed by atoms with van der Waals surface area (Å²) in [6.45, 7) is 7.24. The van der Waals surface area contributed by atoms with Crippen LogP contribution in [0.3, 0.4) is 0 Å². The summed E-state index contributed by atoms with van der Waals surface area (Å²) >= 11 is 1.27. The smallest absolute Gasteiger partial charge is 0.331 e. The fraction of sp³-hybridized carbons (Fsp3) is 0.500. The summed E-state index contributed by atoms with van der Waals surface area (Å²) < 4.78 is 5.65. The van der Waals surface area contributed by atoms with Gasteiger partial charge in [-0.1, -0.05) is 13.8 Å². The number of carbonyl (C=O) groups is 1. The van der Waals surface area contributed by atoms with Gasteiger partial charge in [0.05, 0.1) is 11.9 Å². The zero-order valence-electron chi connectivity index (χ0n) is 11.8. The van der Waals surface area contributed by atoms with E-state index in [9.17, 15) is 4.79 Å². The van der Waals surface area contributed by atoms with Crippen LogP contribution < -0.4 is 5.32 Å². The number of hydrogen-bond acceptors (Lipinski definition) is 6. The maximum Gasteiger partial charge on any atom is 0.331 e. The zero-order chi connectivity index (χ0) is 14.9. The van der Waals surface area contributed by atoms with Gasteiger partial charge in [0, 0.05) is 23.6 Å². The zero-order valence-corrected chi connectivity index (χ0v) is 12.6. The van der Waals surface area contributed by atoms with Gasteiger partial charge >= 0.3 is 5.97 Å². The van der Waals surface area contributed by atoms with Gasteiger partial charge in [0.1, 0.15) is 5.82 Å². The highest BCUT2D eigenvalue weighted by molar-refractivity contribution is 7.09. The van der Waals surface area contributed by atoms with E-state index in [1.54, 1.807) is 26.2 Å². The molecule has 0 atom stereocenters. The third kappa shape index (κ3) is 2.79. The van der Waals surface area contributed by atoms with Crippen molar-refractivity contribution in [2.75, 3.05) is 5.32 Å². The molecule has 20 heavy (non-hydrogen) atoms. The third-order valence-electron chi connectivity index (χ3n) is 2.89. The highest BCUT2D eigenvalue weighted by Gasteiger charge is 2.30. The number of nitrogens with one attached hydrogen (secondary N) is 1. The van der Waals surface area contributed by atoms with Crippen LogP contribution in [-0.4, -0.2) is 30.2 Å². The molecule has 0 fully saturated rings. The Kier molecular flexibility index (Phi) is 3.76. The Morgan fingerprint density at radius 1 is 1.50 bits per heavy atom. The fourth-order valence-electron chi connectivity index (χ4n) is 1.43. The maximum atomic E-state index is 11.2.